The van der Waals surface area contributed by atoms with Gasteiger partial charge >= 0.3 is 0 Å². The third-order valence-electron chi connectivity index (χ3n) is 5.83. The van der Waals surface area contributed by atoms with Crippen LogP contribution in [0.25, 0.3) is 0 Å². The van der Waals surface area contributed by atoms with Gasteiger partial charge in [-0.05, 0) is 38.0 Å². The molecule has 1 amide bonds. The van der Waals surface area contributed by atoms with Crippen molar-refractivity contribution in [1.29, 1.82) is 0 Å². The molecule has 160 valence electrons. The van der Waals surface area contributed by atoms with Crippen molar-refractivity contribution < 1.29 is 9.18 Å². The number of piperazine rings is 1. The van der Waals surface area contributed by atoms with E-state index in [9.17, 15) is 9.18 Å². The Hall–Kier alpha value is -2.41. The number of nitrogens with one attached hydrogen (secondary N) is 1. The number of nitrogens with zero attached hydrogens (tertiary/aromatic N) is 4. The van der Waals surface area contributed by atoms with Crippen molar-refractivity contribution in [1.82, 2.24) is 14.9 Å². The van der Waals surface area contributed by atoms with E-state index < -0.39 is 5.82 Å². The highest BCUT2D eigenvalue weighted by molar-refractivity contribution is 6.33. The molecule has 2 aromatic rings. The lowest BCUT2D eigenvalue weighted by molar-refractivity contribution is 0.0746. The molecule has 2 fully saturated rings. The summed E-state index contributed by atoms with van der Waals surface area (Å²) in [7, 11) is 0. The van der Waals surface area contributed by atoms with Crippen molar-refractivity contribution in [2.45, 2.75) is 45.1 Å². The second kappa shape index (κ2) is 9.16. The first kappa shape index (κ1) is 20.8. The first-order valence-electron chi connectivity index (χ1n) is 10.6. The molecule has 4 rings (SSSR count). The zero-order valence-corrected chi connectivity index (χ0v) is 18.0. The molecule has 0 atom stereocenters. The lowest BCUT2D eigenvalue weighted by Crippen LogP contribution is -2.49. The topological polar surface area (TPSA) is 61.4 Å². The Morgan fingerprint density at radius 1 is 1.10 bits per heavy atom. The molecule has 1 aliphatic carbocycles. The van der Waals surface area contributed by atoms with Gasteiger partial charge in [0.2, 0.25) is 5.95 Å². The van der Waals surface area contributed by atoms with Gasteiger partial charge in [0, 0.05) is 44.0 Å². The van der Waals surface area contributed by atoms with Gasteiger partial charge in [0.25, 0.3) is 5.91 Å². The number of carbonyl (C=O) groups excluding carboxylic acids is 1. The molecule has 1 aromatic heterocycles. The highest BCUT2D eigenvalue weighted by Gasteiger charge is 2.25. The number of aromatic nitrogens is 2. The summed E-state index contributed by atoms with van der Waals surface area (Å²) in [6.07, 6.45) is 6.15. The molecule has 8 heteroatoms. The fraction of sp³-hybridized carbons (Fsp3) is 0.500. The van der Waals surface area contributed by atoms with E-state index >= 15 is 0 Å². The fourth-order valence-corrected chi connectivity index (χ4v) is 4.43. The number of halogens is 2. The predicted octanol–water partition coefficient (Wildman–Crippen LogP) is 4.28. The van der Waals surface area contributed by atoms with E-state index in [4.69, 9.17) is 16.6 Å². The van der Waals surface area contributed by atoms with Crippen LogP contribution in [0.1, 0.15) is 48.2 Å². The smallest absolute Gasteiger partial charge is 0.255 e. The molecular weight excluding hydrogens is 405 g/mol. The lowest BCUT2D eigenvalue weighted by Gasteiger charge is -2.35. The Morgan fingerprint density at radius 3 is 2.53 bits per heavy atom. The number of anilines is 2. The van der Waals surface area contributed by atoms with Crippen LogP contribution >= 0.6 is 11.6 Å². The monoisotopic (exact) mass is 431 g/mol. The summed E-state index contributed by atoms with van der Waals surface area (Å²) in [5, 5.41) is 3.65. The number of aryl methyl sites for hydroxylation is 1. The maximum atomic E-state index is 13.3. The van der Waals surface area contributed by atoms with Crippen LogP contribution in [0.3, 0.4) is 0 Å². The fourth-order valence-electron chi connectivity index (χ4n) is 4.18. The van der Waals surface area contributed by atoms with Gasteiger partial charge in [0.1, 0.15) is 11.6 Å². The SMILES string of the molecule is Cc1cc(N2CCN(C(=O)c3ccc(F)cc3Cl)CC2)nc(NC2CCCCC2)n1. The molecule has 0 bridgehead atoms. The highest BCUT2D eigenvalue weighted by atomic mass is 35.5. The van der Waals surface area contributed by atoms with Crippen LogP contribution in [0.4, 0.5) is 16.2 Å². The zero-order valence-electron chi connectivity index (χ0n) is 17.2. The van der Waals surface area contributed by atoms with E-state index in [2.05, 4.69) is 15.2 Å². The Bertz CT molecular complexity index is 910. The average Bonchev–Trinajstić information content (AvgIpc) is 2.74. The number of amides is 1. The summed E-state index contributed by atoms with van der Waals surface area (Å²) in [6, 6.07) is 6.32. The Kier molecular flexibility index (Phi) is 6.37. The molecule has 1 aromatic carbocycles. The van der Waals surface area contributed by atoms with E-state index in [1.54, 1.807) is 4.90 Å². The summed E-state index contributed by atoms with van der Waals surface area (Å²) < 4.78 is 13.3. The number of benzene rings is 1. The summed E-state index contributed by atoms with van der Waals surface area (Å²) in [5.41, 5.74) is 1.26. The van der Waals surface area contributed by atoms with Gasteiger partial charge in [-0.1, -0.05) is 30.9 Å². The number of hydrogen-bond donors (Lipinski definition) is 1. The van der Waals surface area contributed by atoms with Crippen LogP contribution in [-0.2, 0) is 0 Å². The van der Waals surface area contributed by atoms with Crippen molar-refractivity contribution in [3.8, 4) is 0 Å². The molecule has 30 heavy (non-hydrogen) atoms. The van der Waals surface area contributed by atoms with Crippen molar-refractivity contribution >= 4 is 29.3 Å². The standard InChI is InChI=1S/C22H27ClFN5O/c1-15-13-20(27-22(25-15)26-17-5-3-2-4-6-17)28-9-11-29(12-10-28)21(30)18-8-7-16(24)14-19(18)23/h7-8,13-14,17H,2-6,9-12H2,1H3,(H,25,26,27). The average molecular weight is 432 g/mol. The predicted molar refractivity (Wildman–Crippen MR) is 117 cm³/mol. The van der Waals surface area contributed by atoms with Crippen LogP contribution in [0, 0.1) is 12.7 Å². The molecule has 0 spiro atoms. The van der Waals surface area contributed by atoms with E-state index in [0.29, 0.717) is 43.7 Å². The molecule has 1 N–H and O–H groups in total. The minimum absolute atomic E-state index is 0.146. The second-order valence-electron chi connectivity index (χ2n) is 8.07. The van der Waals surface area contributed by atoms with Crippen LogP contribution in [0.15, 0.2) is 24.3 Å². The van der Waals surface area contributed by atoms with Gasteiger partial charge in [0.15, 0.2) is 0 Å². The summed E-state index contributed by atoms with van der Waals surface area (Å²) >= 11 is 6.06. The van der Waals surface area contributed by atoms with Crippen molar-refractivity contribution in [2.24, 2.45) is 0 Å². The summed E-state index contributed by atoms with van der Waals surface area (Å²) in [6.45, 7) is 4.43. The van der Waals surface area contributed by atoms with Gasteiger partial charge in [-0.15, -0.1) is 0 Å². The second-order valence-corrected chi connectivity index (χ2v) is 8.48. The molecular formula is C22H27ClFN5O. The molecule has 1 saturated carbocycles. The molecule has 0 radical (unpaired) electrons. The maximum absolute atomic E-state index is 13.3. The molecule has 0 unspecified atom stereocenters. The summed E-state index contributed by atoms with van der Waals surface area (Å²) in [5.74, 6) is 0.956. The first-order chi connectivity index (χ1) is 14.5. The summed E-state index contributed by atoms with van der Waals surface area (Å²) in [4.78, 5) is 26.0. The van der Waals surface area contributed by atoms with E-state index in [0.717, 1.165) is 11.5 Å². The van der Waals surface area contributed by atoms with Crippen molar-refractivity contribution in [3.05, 3.63) is 46.4 Å². The van der Waals surface area contributed by atoms with Crippen molar-refractivity contribution in [2.75, 3.05) is 36.4 Å². The van der Waals surface area contributed by atoms with Gasteiger partial charge in [-0.3, -0.25) is 4.79 Å². The van der Waals surface area contributed by atoms with Crippen LogP contribution in [0.5, 0.6) is 0 Å². The van der Waals surface area contributed by atoms with E-state index in [1.807, 2.05) is 13.0 Å². The van der Waals surface area contributed by atoms with Gasteiger partial charge < -0.3 is 15.1 Å². The minimum Gasteiger partial charge on any atom is -0.353 e. The quantitative estimate of drug-likeness (QED) is 0.782. The number of rotatable bonds is 4. The van der Waals surface area contributed by atoms with Crippen LogP contribution < -0.4 is 10.2 Å². The molecule has 2 heterocycles. The van der Waals surface area contributed by atoms with E-state index in [-0.39, 0.29) is 10.9 Å². The highest BCUT2D eigenvalue weighted by Crippen LogP contribution is 2.24. The van der Waals surface area contributed by atoms with Crippen molar-refractivity contribution in [3.63, 3.8) is 0 Å². The van der Waals surface area contributed by atoms with E-state index in [1.165, 1.54) is 50.3 Å². The van der Waals surface area contributed by atoms with Crippen LogP contribution in [-0.4, -0.2) is 53.0 Å². The molecule has 1 saturated heterocycles. The third kappa shape index (κ3) is 4.83. The maximum Gasteiger partial charge on any atom is 0.255 e. The minimum atomic E-state index is -0.446. The molecule has 1 aliphatic heterocycles. The van der Waals surface area contributed by atoms with Gasteiger partial charge in [0.05, 0.1) is 10.6 Å². The number of hydrogen-bond acceptors (Lipinski definition) is 5. The Morgan fingerprint density at radius 2 is 1.83 bits per heavy atom. The lowest BCUT2D eigenvalue weighted by atomic mass is 9.96. The Labute approximate surface area is 181 Å². The molecule has 2 aliphatic rings. The van der Waals surface area contributed by atoms with Gasteiger partial charge in [-0.25, -0.2) is 9.37 Å². The normalized spacial score (nSPS) is 17.8. The zero-order chi connectivity index (χ0) is 21.1. The van der Waals surface area contributed by atoms with Gasteiger partial charge in [-0.2, -0.15) is 4.98 Å². The molecule has 6 nitrogen and oxygen atoms in total. The largest absolute Gasteiger partial charge is 0.353 e. The Balaban J connectivity index is 1.40. The number of carbonyl (C=O) groups is 1. The first-order valence-corrected chi connectivity index (χ1v) is 11.0. The van der Waals surface area contributed by atoms with Crippen LogP contribution in [0.2, 0.25) is 5.02 Å². The third-order valence-corrected chi connectivity index (χ3v) is 6.14.